The Labute approximate surface area is 161 Å². The summed E-state index contributed by atoms with van der Waals surface area (Å²) in [5.41, 5.74) is 1.27. The molecule has 7 nitrogen and oxygen atoms in total. The zero-order valence-corrected chi connectivity index (χ0v) is 16.4. The number of rotatable bonds is 12. The van der Waals surface area contributed by atoms with Crippen molar-refractivity contribution in [1.82, 2.24) is 20.2 Å². The van der Waals surface area contributed by atoms with Crippen LogP contribution >= 0.6 is 0 Å². The van der Waals surface area contributed by atoms with Crippen LogP contribution in [0.2, 0.25) is 0 Å². The number of nitrogens with one attached hydrogen (secondary N) is 2. The average Bonchev–Trinajstić information content (AvgIpc) is 3.13. The molecule has 7 heteroatoms. The molecule has 0 atom stereocenters. The molecule has 2 rings (SSSR count). The first-order chi connectivity index (χ1) is 13.3. The standard InChI is InChI=1S/C20H31N5O2/c1-21-20(23-10-6-14-27-16-15-26-2)24-11-9-19-22-12-13-25(19)17-18-7-4-3-5-8-18/h3-5,7-8,12-13H,6,9-11,14-17H2,1-2H3,(H2,21,23,24). The van der Waals surface area contributed by atoms with Gasteiger partial charge in [0.25, 0.3) is 0 Å². The molecule has 1 aromatic heterocycles. The van der Waals surface area contributed by atoms with Gasteiger partial charge in [-0.25, -0.2) is 4.98 Å². The maximum atomic E-state index is 5.45. The third-order valence-corrected chi connectivity index (χ3v) is 4.05. The van der Waals surface area contributed by atoms with E-state index < -0.39 is 0 Å². The van der Waals surface area contributed by atoms with E-state index >= 15 is 0 Å². The minimum Gasteiger partial charge on any atom is -0.382 e. The van der Waals surface area contributed by atoms with Gasteiger partial charge in [0.1, 0.15) is 5.82 Å². The first kappa shape index (κ1) is 20.9. The van der Waals surface area contributed by atoms with Crippen molar-refractivity contribution in [1.29, 1.82) is 0 Å². The van der Waals surface area contributed by atoms with E-state index in [0.29, 0.717) is 19.8 Å². The normalized spacial score (nSPS) is 11.6. The first-order valence-electron chi connectivity index (χ1n) is 9.38. The van der Waals surface area contributed by atoms with Crippen molar-refractivity contribution >= 4 is 5.96 Å². The van der Waals surface area contributed by atoms with Crippen molar-refractivity contribution in [2.75, 3.05) is 47.1 Å². The third kappa shape index (κ3) is 8.23. The Hall–Kier alpha value is -2.38. The van der Waals surface area contributed by atoms with Crippen LogP contribution in [0.25, 0.3) is 0 Å². The molecule has 0 saturated heterocycles. The Morgan fingerprint density at radius 3 is 2.70 bits per heavy atom. The molecule has 0 aliphatic rings. The zero-order chi connectivity index (χ0) is 19.2. The fourth-order valence-electron chi connectivity index (χ4n) is 2.63. The smallest absolute Gasteiger partial charge is 0.190 e. The van der Waals surface area contributed by atoms with E-state index in [1.807, 2.05) is 18.5 Å². The molecule has 2 N–H and O–H groups in total. The molecule has 27 heavy (non-hydrogen) atoms. The number of imidazole rings is 1. The fraction of sp³-hybridized carbons (Fsp3) is 0.500. The molecule has 0 amide bonds. The monoisotopic (exact) mass is 373 g/mol. The number of ether oxygens (including phenoxy) is 2. The van der Waals surface area contributed by atoms with E-state index in [1.165, 1.54) is 5.56 Å². The van der Waals surface area contributed by atoms with Crippen LogP contribution in [0.15, 0.2) is 47.7 Å². The van der Waals surface area contributed by atoms with Crippen LogP contribution in [-0.4, -0.2) is 62.6 Å². The molecule has 0 spiro atoms. The molecule has 0 aliphatic heterocycles. The number of hydrogen-bond donors (Lipinski definition) is 2. The predicted octanol–water partition coefficient (Wildman–Crippen LogP) is 1.69. The van der Waals surface area contributed by atoms with Crippen LogP contribution in [0.5, 0.6) is 0 Å². The van der Waals surface area contributed by atoms with Crippen molar-refractivity contribution in [3.8, 4) is 0 Å². The molecule has 0 radical (unpaired) electrons. The maximum absolute atomic E-state index is 5.45. The molecule has 1 aromatic carbocycles. The van der Waals surface area contributed by atoms with E-state index in [0.717, 1.165) is 44.3 Å². The Kier molecular flexibility index (Phi) is 9.99. The van der Waals surface area contributed by atoms with Gasteiger partial charge in [-0.15, -0.1) is 0 Å². The van der Waals surface area contributed by atoms with Gasteiger partial charge in [-0.2, -0.15) is 0 Å². The summed E-state index contributed by atoms with van der Waals surface area (Å²) < 4.78 is 12.6. The number of aliphatic imine (C=N–C) groups is 1. The van der Waals surface area contributed by atoms with Gasteiger partial charge in [0.15, 0.2) is 5.96 Å². The molecule has 0 saturated carbocycles. The van der Waals surface area contributed by atoms with Gasteiger partial charge in [0.05, 0.1) is 13.2 Å². The highest BCUT2D eigenvalue weighted by Gasteiger charge is 2.04. The first-order valence-corrected chi connectivity index (χ1v) is 9.38. The minimum atomic E-state index is 0.636. The van der Waals surface area contributed by atoms with Crippen LogP contribution in [-0.2, 0) is 22.4 Å². The Bertz CT molecular complexity index is 657. The molecule has 2 aromatic rings. The topological polar surface area (TPSA) is 72.7 Å². The number of guanidine groups is 1. The van der Waals surface area contributed by atoms with Crippen LogP contribution in [0, 0.1) is 0 Å². The van der Waals surface area contributed by atoms with Crippen molar-refractivity contribution < 1.29 is 9.47 Å². The molecule has 1 heterocycles. The van der Waals surface area contributed by atoms with Gasteiger partial charge >= 0.3 is 0 Å². The molecular weight excluding hydrogens is 342 g/mol. The summed E-state index contributed by atoms with van der Waals surface area (Å²) >= 11 is 0. The lowest BCUT2D eigenvalue weighted by Gasteiger charge is -2.13. The quantitative estimate of drug-likeness (QED) is 0.337. The highest BCUT2D eigenvalue weighted by molar-refractivity contribution is 5.79. The summed E-state index contributed by atoms with van der Waals surface area (Å²) in [5, 5.41) is 6.63. The molecule has 0 aliphatic carbocycles. The van der Waals surface area contributed by atoms with E-state index in [2.05, 4.69) is 49.4 Å². The van der Waals surface area contributed by atoms with Crippen LogP contribution in [0.1, 0.15) is 17.8 Å². The van der Waals surface area contributed by atoms with Gasteiger partial charge in [-0.05, 0) is 12.0 Å². The van der Waals surface area contributed by atoms with Crippen LogP contribution in [0.4, 0.5) is 0 Å². The Balaban J connectivity index is 1.65. The minimum absolute atomic E-state index is 0.636. The van der Waals surface area contributed by atoms with E-state index in [-0.39, 0.29) is 0 Å². The van der Waals surface area contributed by atoms with Crippen LogP contribution < -0.4 is 10.6 Å². The maximum Gasteiger partial charge on any atom is 0.190 e. The highest BCUT2D eigenvalue weighted by Crippen LogP contribution is 2.05. The summed E-state index contributed by atoms with van der Waals surface area (Å²) in [6.07, 6.45) is 5.64. The fourth-order valence-corrected chi connectivity index (χ4v) is 2.63. The highest BCUT2D eigenvalue weighted by atomic mass is 16.5. The van der Waals surface area contributed by atoms with Crippen molar-refractivity contribution in [3.63, 3.8) is 0 Å². The molecular formula is C20H31N5O2. The van der Waals surface area contributed by atoms with Crippen molar-refractivity contribution in [2.45, 2.75) is 19.4 Å². The van der Waals surface area contributed by atoms with Gasteiger partial charge in [0, 0.05) is 59.2 Å². The number of methoxy groups -OCH3 is 1. The lowest BCUT2D eigenvalue weighted by atomic mass is 10.2. The SMILES string of the molecule is CN=C(NCCCOCCOC)NCCc1nccn1Cc1ccccc1. The van der Waals surface area contributed by atoms with E-state index in [9.17, 15) is 0 Å². The molecule has 148 valence electrons. The Morgan fingerprint density at radius 1 is 1.11 bits per heavy atom. The van der Waals surface area contributed by atoms with Gasteiger partial charge in [-0.1, -0.05) is 30.3 Å². The molecule has 0 unspecified atom stereocenters. The van der Waals surface area contributed by atoms with Gasteiger partial charge in [0.2, 0.25) is 0 Å². The Morgan fingerprint density at radius 2 is 1.93 bits per heavy atom. The summed E-state index contributed by atoms with van der Waals surface area (Å²) in [4.78, 5) is 8.73. The van der Waals surface area contributed by atoms with Crippen LogP contribution in [0.3, 0.4) is 0 Å². The van der Waals surface area contributed by atoms with E-state index in [1.54, 1.807) is 14.2 Å². The molecule has 0 fully saturated rings. The number of hydrogen-bond acceptors (Lipinski definition) is 4. The van der Waals surface area contributed by atoms with Crippen molar-refractivity contribution in [2.24, 2.45) is 4.99 Å². The lowest BCUT2D eigenvalue weighted by molar-refractivity contribution is 0.0698. The number of nitrogens with zero attached hydrogens (tertiary/aromatic N) is 3. The lowest BCUT2D eigenvalue weighted by Crippen LogP contribution is -2.39. The second kappa shape index (κ2) is 12.9. The van der Waals surface area contributed by atoms with E-state index in [4.69, 9.17) is 9.47 Å². The summed E-state index contributed by atoms with van der Waals surface area (Å²) in [6.45, 7) is 4.41. The second-order valence-electron chi connectivity index (χ2n) is 6.09. The summed E-state index contributed by atoms with van der Waals surface area (Å²) in [5.74, 6) is 1.86. The number of benzene rings is 1. The zero-order valence-electron chi connectivity index (χ0n) is 16.4. The van der Waals surface area contributed by atoms with Gasteiger partial charge < -0.3 is 24.7 Å². The summed E-state index contributed by atoms with van der Waals surface area (Å²) in [6, 6.07) is 10.4. The largest absolute Gasteiger partial charge is 0.382 e. The van der Waals surface area contributed by atoms with Crippen molar-refractivity contribution in [3.05, 3.63) is 54.1 Å². The molecule has 0 bridgehead atoms. The predicted molar refractivity (Wildman–Crippen MR) is 108 cm³/mol. The number of aromatic nitrogens is 2. The third-order valence-electron chi connectivity index (χ3n) is 4.05. The summed E-state index contributed by atoms with van der Waals surface area (Å²) in [7, 11) is 3.45. The van der Waals surface area contributed by atoms with Gasteiger partial charge in [-0.3, -0.25) is 4.99 Å². The second-order valence-corrected chi connectivity index (χ2v) is 6.09. The average molecular weight is 374 g/mol.